The molecule has 5 heteroatoms. The quantitative estimate of drug-likeness (QED) is 0.392. The van der Waals surface area contributed by atoms with Crippen LogP contribution in [0.1, 0.15) is 11.1 Å². The van der Waals surface area contributed by atoms with Crippen molar-refractivity contribution < 1.29 is 0 Å². The smallest absolute Gasteiger partial charge is 0.270 e. The van der Waals surface area contributed by atoms with Crippen LogP contribution in [0.2, 0.25) is 0 Å². The lowest BCUT2D eigenvalue weighted by atomic mass is 10.2. The monoisotopic (exact) mass is 277 g/mol. The number of hydrogen-bond acceptors (Lipinski definition) is 4. The van der Waals surface area contributed by atoms with Gasteiger partial charge in [-0.2, -0.15) is 5.26 Å². The molecule has 0 bridgehead atoms. The molecule has 2 aromatic rings. The van der Waals surface area contributed by atoms with Gasteiger partial charge in [-0.05, 0) is 49.2 Å². The molecule has 0 atom stereocenters. The lowest BCUT2D eigenvalue weighted by Gasteiger charge is -2.00. The zero-order chi connectivity index (χ0) is 15.1. The first-order valence-corrected chi connectivity index (χ1v) is 6.46. The van der Waals surface area contributed by atoms with Crippen molar-refractivity contribution in [1.29, 1.82) is 5.26 Å². The van der Waals surface area contributed by atoms with E-state index in [1.165, 1.54) is 0 Å². The maximum Gasteiger partial charge on any atom is 0.270 e. The summed E-state index contributed by atoms with van der Waals surface area (Å²) >= 11 is 0. The fourth-order valence-corrected chi connectivity index (χ4v) is 1.70. The molecule has 0 aliphatic heterocycles. The molecule has 5 nitrogen and oxygen atoms in total. The second-order valence-corrected chi connectivity index (χ2v) is 4.57. The number of benzene rings is 2. The number of hydrazone groups is 1. The summed E-state index contributed by atoms with van der Waals surface area (Å²) in [5, 5.41) is 20.8. The minimum Gasteiger partial charge on any atom is -0.276 e. The maximum atomic E-state index is 9.02. The molecular formula is C16H15N5. The third kappa shape index (κ3) is 4.55. The van der Waals surface area contributed by atoms with Gasteiger partial charge in [0, 0.05) is 0 Å². The summed E-state index contributed by atoms with van der Waals surface area (Å²) in [6.07, 6.45) is 0. The Morgan fingerprint density at radius 3 is 2.43 bits per heavy atom. The van der Waals surface area contributed by atoms with Gasteiger partial charge in [0.25, 0.3) is 5.84 Å². The molecule has 0 saturated heterocycles. The van der Waals surface area contributed by atoms with Crippen LogP contribution in [-0.4, -0.2) is 5.84 Å². The van der Waals surface area contributed by atoms with Crippen molar-refractivity contribution in [3.05, 3.63) is 59.7 Å². The Morgan fingerprint density at radius 2 is 1.76 bits per heavy atom. The summed E-state index contributed by atoms with van der Waals surface area (Å²) in [6.45, 7) is 3.95. The molecule has 0 spiro atoms. The fourth-order valence-electron chi connectivity index (χ4n) is 1.70. The van der Waals surface area contributed by atoms with Crippen LogP contribution in [0.25, 0.3) is 0 Å². The van der Waals surface area contributed by atoms with E-state index in [-0.39, 0.29) is 5.84 Å². The molecule has 1 N–H and O–H groups in total. The Kier molecular flexibility index (Phi) is 4.78. The molecule has 0 amide bonds. The lowest BCUT2D eigenvalue weighted by molar-refractivity contribution is 1.23. The van der Waals surface area contributed by atoms with Crippen molar-refractivity contribution in [2.24, 2.45) is 15.3 Å². The molecule has 0 aliphatic rings. The SMILES string of the molecule is Cc1cccc(N=N/C(C#N)=N/Nc2cccc(C)c2)c1. The number of nitrogens with zero attached hydrogens (tertiary/aromatic N) is 4. The van der Waals surface area contributed by atoms with Gasteiger partial charge in [-0.15, -0.1) is 15.3 Å². The number of anilines is 1. The molecular weight excluding hydrogens is 262 g/mol. The number of amidine groups is 1. The van der Waals surface area contributed by atoms with E-state index in [1.54, 1.807) is 0 Å². The van der Waals surface area contributed by atoms with Crippen LogP contribution in [-0.2, 0) is 0 Å². The number of hydrogen-bond donors (Lipinski definition) is 1. The van der Waals surface area contributed by atoms with Crippen LogP contribution >= 0.6 is 0 Å². The van der Waals surface area contributed by atoms with Gasteiger partial charge in [0.1, 0.15) is 6.07 Å². The van der Waals surface area contributed by atoms with Crippen molar-refractivity contribution in [3.63, 3.8) is 0 Å². The van der Waals surface area contributed by atoms with E-state index in [4.69, 9.17) is 5.26 Å². The largest absolute Gasteiger partial charge is 0.276 e. The van der Waals surface area contributed by atoms with Gasteiger partial charge in [-0.3, -0.25) is 5.43 Å². The van der Waals surface area contributed by atoms with E-state index < -0.39 is 0 Å². The molecule has 0 fully saturated rings. The van der Waals surface area contributed by atoms with E-state index in [9.17, 15) is 0 Å². The fraction of sp³-hybridized carbons (Fsp3) is 0.125. The standard InChI is InChI=1S/C16H15N5/c1-12-5-3-7-14(9-12)18-20-16(11-17)21-19-15-8-4-6-13(2)10-15/h3-10,18H,1-2H3/b20-16+,21-19?. The topological polar surface area (TPSA) is 72.9 Å². The molecule has 2 rings (SSSR count). The van der Waals surface area contributed by atoms with Crippen LogP contribution in [0.3, 0.4) is 0 Å². The van der Waals surface area contributed by atoms with Crippen LogP contribution in [0.15, 0.2) is 63.9 Å². The zero-order valence-electron chi connectivity index (χ0n) is 11.9. The highest BCUT2D eigenvalue weighted by Gasteiger charge is 1.96. The Balaban J connectivity index is 2.09. The minimum absolute atomic E-state index is 0.0296. The van der Waals surface area contributed by atoms with Crippen LogP contribution < -0.4 is 5.43 Å². The summed E-state index contributed by atoms with van der Waals surface area (Å²) in [5.74, 6) is -0.0296. The molecule has 0 heterocycles. The van der Waals surface area contributed by atoms with Gasteiger partial charge in [0.2, 0.25) is 0 Å². The number of nitrogens with one attached hydrogen (secondary N) is 1. The molecule has 0 aliphatic carbocycles. The third-order valence-electron chi connectivity index (χ3n) is 2.67. The molecule has 104 valence electrons. The van der Waals surface area contributed by atoms with Crippen molar-refractivity contribution in [2.45, 2.75) is 13.8 Å². The molecule has 0 saturated carbocycles. The van der Waals surface area contributed by atoms with Gasteiger partial charge in [-0.25, -0.2) is 0 Å². The van der Waals surface area contributed by atoms with Gasteiger partial charge in [-0.1, -0.05) is 24.3 Å². The zero-order valence-corrected chi connectivity index (χ0v) is 11.9. The first-order chi connectivity index (χ1) is 10.2. The number of rotatable bonds is 3. The average Bonchev–Trinajstić information content (AvgIpc) is 2.47. The highest BCUT2D eigenvalue weighted by molar-refractivity contribution is 5.97. The maximum absolute atomic E-state index is 9.02. The van der Waals surface area contributed by atoms with E-state index in [0.717, 1.165) is 16.8 Å². The van der Waals surface area contributed by atoms with Crippen LogP contribution in [0.5, 0.6) is 0 Å². The summed E-state index contributed by atoms with van der Waals surface area (Å²) < 4.78 is 0. The summed E-state index contributed by atoms with van der Waals surface area (Å²) in [7, 11) is 0. The van der Waals surface area contributed by atoms with Crippen molar-refractivity contribution in [1.82, 2.24) is 0 Å². The first kappa shape index (κ1) is 14.4. The molecule has 21 heavy (non-hydrogen) atoms. The van der Waals surface area contributed by atoms with Crippen LogP contribution in [0, 0.1) is 25.2 Å². The lowest BCUT2D eigenvalue weighted by Crippen LogP contribution is -1.96. The van der Waals surface area contributed by atoms with Crippen molar-refractivity contribution in [2.75, 3.05) is 5.43 Å². The Morgan fingerprint density at radius 1 is 1.05 bits per heavy atom. The first-order valence-electron chi connectivity index (χ1n) is 6.46. The molecule has 0 radical (unpaired) electrons. The minimum atomic E-state index is -0.0296. The van der Waals surface area contributed by atoms with E-state index in [2.05, 4.69) is 20.8 Å². The molecule has 0 unspecified atom stereocenters. The summed E-state index contributed by atoms with van der Waals surface area (Å²) in [5.41, 5.74) is 6.47. The highest BCUT2D eigenvalue weighted by Crippen LogP contribution is 2.14. The van der Waals surface area contributed by atoms with Gasteiger partial charge in [0.15, 0.2) is 0 Å². The number of nitriles is 1. The Hall–Kier alpha value is -3.00. The third-order valence-corrected chi connectivity index (χ3v) is 2.67. The van der Waals surface area contributed by atoms with E-state index in [1.807, 2.05) is 68.4 Å². The molecule has 2 aromatic carbocycles. The van der Waals surface area contributed by atoms with E-state index in [0.29, 0.717) is 5.69 Å². The van der Waals surface area contributed by atoms with Gasteiger partial charge < -0.3 is 0 Å². The average molecular weight is 277 g/mol. The van der Waals surface area contributed by atoms with E-state index >= 15 is 0 Å². The number of azo groups is 1. The second kappa shape index (κ2) is 6.96. The van der Waals surface area contributed by atoms with Crippen molar-refractivity contribution >= 4 is 17.2 Å². The Bertz CT molecular complexity index is 725. The highest BCUT2D eigenvalue weighted by atomic mass is 15.3. The number of aryl methyl sites for hydroxylation is 2. The Labute approximate surface area is 123 Å². The second-order valence-electron chi connectivity index (χ2n) is 4.57. The van der Waals surface area contributed by atoms with Gasteiger partial charge >= 0.3 is 0 Å². The summed E-state index contributed by atoms with van der Waals surface area (Å²) in [4.78, 5) is 0. The van der Waals surface area contributed by atoms with Gasteiger partial charge in [0.05, 0.1) is 11.4 Å². The van der Waals surface area contributed by atoms with Crippen LogP contribution in [0.4, 0.5) is 11.4 Å². The predicted octanol–water partition coefficient (Wildman–Crippen LogP) is 4.34. The summed E-state index contributed by atoms with van der Waals surface area (Å²) in [6, 6.07) is 17.1. The normalized spacial score (nSPS) is 11.4. The molecule has 0 aromatic heterocycles. The van der Waals surface area contributed by atoms with Crippen molar-refractivity contribution in [3.8, 4) is 6.07 Å². The predicted molar refractivity (Wildman–Crippen MR) is 83.5 cm³/mol.